The number of nitrogens with two attached hydrogens (primary N) is 1. The number of nitrogens with one attached hydrogen (secondary N) is 1. The van der Waals surface area contributed by atoms with Crippen LogP contribution in [0.3, 0.4) is 0 Å². The van der Waals surface area contributed by atoms with Crippen LogP contribution in [0.25, 0.3) is 11.0 Å². The van der Waals surface area contributed by atoms with Gasteiger partial charge < -0.3 is 9.15 Å². The zero-order valence-electron chi connectivity index (χ0n) is 11.9. The van der Waals surface area contributed by atoms with E-state index in [9.17, 15) is 4.79 Å². The normalized spacial score (nSPS) is 15.1. The van der Waals surface area contributed by atoms with E-state index in [1.165, 1.54) is 19.3 Å². The molecular formula is C16H20N2O3. The van der Waals surface area contributed by atoms with E-state index >= 15 is 0 Å². The molecule has 1 aromatic heterocycles. The van der Waals surface area contributed by atoms with E-state index in [4.69, 9.17) is 15.0 Å². The molecule has 0 aliphatic heterocycles. The van der Waals surface area contributed by atoms with E-state index in [0.29, 0.717) is 18.8 Å². The van der Waals surface area contributed by atoms with Crippen molar-refractivity contribution >= 4 is 16.9 Å². The van der Waals surface area contributed by atoms with Crippen molar-refractivity contribution < 1.29 is 13.9 Å². The Morgan fingerprint density at radius 2 is 2.19 bits per heavy atom. The van der Waals surface area contributed by atoms with Gasteiger partial charge in [-0.05, 0) is 18.4 Å². The number of hydrazine groups is 1. The molecule has 1 saturated carbocycles. The summed E-state index contributed by atoms with van der Waals surface area (Å²) in [7, 11) is 0. The average molecular weight is 288 g/mol. The van der Waals surface area contributed by atoms with Gasteiger partial charge in [0.05, 0.1) is 6.61 Å². The van der Waals surface area contributed by atoms with E-state index in [2.05, 4.69) is 5.43 Å². The maximum absolute atomic E-state index is 11.8. The smallest absolute Gasteiger partial charge is 0.301 e. The number of rotatable bonds is 6. The summed E-state index contributed by atoms with van der Waals surface area (Å²) in [6, 6.07) is 7.55. The van der Waals surface area contributed by atoms with E-state index in [0.717, 1.165) is 23.3 Å². The van der Waals surface area contributed by atoms with E-state index < -0.39 is 5.91 Å². The third kappa shape index (κ3) is 2.94. The summed E-state index contributed by atoms with van der Waals surface area (Å²) >= 11 is 0. The Morgan fingerprint density at radius 1 is 1.38 bits per heavy atom. The Kier molecular flexibility index (Phi) is 4.22. The van der Waals surface area contributed by atoms with E-state index in [1.807, 2.05) is 24.3 Å². The van der Waals surface area contributed by atoms with E-state index in [-0.39, 0.29) is 5.76 Å². The number of benzene rings is 1. The summed E-state index contributed by atoms with van der Waals surface area (Å²) < 4.78 is 11.3. The summed E-state index contributed by atoms with van der Waals surface area (Å²) in [6.45, 7) is 1.08. The molecule has 1 aliphatic carbocycles. The highest BCUT2D eigenvalue weighted by Crippen LogP contribution is 2.30. The highest BCUT2D eigenvalue weighted by atomic mass is 16.5. The summed E-state index contributed by atoms with van der Waals surface area (Å²) in [5.74, 6) is 5.84. The fraction of sp³-hybridized carbons (Fsp3) is 0.438. The third-order valence-electron chi connectivity index (χ3n) is 4.18. The maximum Gasteiger partial charge on any atom is 0.301 e. The van der Waals surface area contributed by atoms with Crippen molar-refractivity contribution in [3.8, 4) is 0 Å². The van der Waals surface area contributed by atoms with Gasteiger partial charge >= 0.3 is 5.91 Å². The first-order chi connectivity index (χ1) is 10.3. The third-order valence-corrected chi connectivity index (χ3v) is 4.18. The minimum atomic E-state index is -0.427. The summed E-state index contributed by atoms with van der Waals surface area (Å²) in [5.41, 5.74) is 3.56. The number of carbonyl (C=O) groups excluding carboxylic acids is 1. The van der Waals surface area contributed by atoms with Crippen LogP contribution in [-0.2, 0) is 11.3 Å². The number of hydrogen-bond acceptors (Lipinski definition) is 4. The van der Waals surface area contributed by atoms with Crippen LogP contribution < -0.4 is 11.3 Å². The molecule has 0 unspecified atom stereocenters. The van der Waals surface area contributed by atoms with Crippen LogP contribution >= 0.6 is 0 Å². The van der Waals surface area contributed by atoms with Crippen molar-refractivity contribution in [1.29, 1.82) is 0 Å². The number of furan rings is 1. The van der Waals surface area contributed by atoms with Crippen LogP contribution in [0.5, 0.6) is 0 Å². The van der Waals surface area contributed by atoms with Gasteiger partial charge in [0.15, 0.2) is 5.76 Å². The molecule has 5 nitrogen and oxygen atoms in total. The van der Waals surface area contributed by atoms with Crippen molar-refractivity contribution in [3.05, 3.63) is 35.6 Å². The van der Waals surface area contributed by atoms with Gasteiger partial charge in [-0.15, -0.1) is 0 Å². The number of carbonyl (C=O) groups is 1. The molecule has 0 radical (unpaired) electrons. The Balaban J connectivity index is 1.73. The highest BCUT2D eigenvalue weighted by Gasteiger charge is 2.20. The second-order valence-electron chi connectivity index (χ2n) is 5.52. The van der Waals surface area contributed by atoms with Crippen LogP contribution in [0, 0.1) is 5.92 Å². The number of nitrogen functional groups attached to an aromatic ring is 1. The van der Waals surface area contributed by atoms with Crippen molar-refractivity contribution in [2.24, 2.45) is 11.8 Å². The minimum Gasteiger partial charge on any atom is -0.450 e. The highest BCUT2D eigenvalue weighted by molar-refractivity contribution is 5.98. The van der Waals surface area contributed by atoms with Gasteiger partial charge in [0, 0.05) is 17.6 Å². The van der Waals surface area contributed by atoms with Gasteiger partial charge in [-0.1, -0.05) is 37.5 Å². The Hall–Kier alpha value is -1.85. The lowest BCUT2D eigenvalue weighted by molar-refractivity contribution is 0.0873. The fourth-order valence-electron chi connectivity index (χ4n) is 2.70. The number of fused-ring (bicyclic) bond motifs is 1. The van der Waals surface area contributed by atoms with Crippen molar-refractivity contribution in [1.82, 2.24) is 5.43 Å². The molecule has 0 saturated heterocycles. The average Bonchev–Trinajstić information content (AvgIpc) is 2.83. The maximum atomic E-state index is 11.8. The predicted octanol–water partition coefficient (Wildman–Crippen LogP) is 2.74. The topological polar surface area (TPSA) is 77.5 Å². The molecule has 2 aromatic rings. The first kappa shape index (κ1) is 14.1. The van der Waals surface area contributed by atoms with Crippen LogP contribution in [-0.4, -0.2) is 12.5 Å². The molecule has 3 rings (SSSR count). The van der Waals surface area contributed by atoms with Gasteiger partial charge in [-0.25, -0.2) is 5.84 Å². The lowest BCUT2D eigenvalue weighted by Gasteiger charge is -2.24. The quantitative estimate of drug-likeness (QED) is 0.371. The summed E-state index contributed by atoms with van der Waals surface area (Å²) in [5, 5.41) is 0.903. The van der Waals surface area contributed by atoms with Crippen molar-refractivity contribution in [2.75, 3.05) is 6.61 Å². The minimum absolute atomic E-state index is 0.238. The molecule has 112 valence electrons. The molecule has 1 fully saturated rings. The molecule has 5 heteroatoms. The summed E-state index contributed by atoms with van der Waals surface area (Å²) in [4.78, 5) is 11.8. The largest absolute Gasteiger partial charge is 0.450 e. The van der Waals surface area contributed by atoms with Gasteiger partial charge in [-0.3, -0.25) is 10.2 Å². The molecule has 1 amide bonds. The lowest BCUT2D eigenvalue weighted by atomic mass is 9.83. The van der Waals surface area contributed by atoms with Gasteiger partial charge in [0.25, 0.3) is 0 Å². The molecule has 0 bridgehead atoms. The van der Waals surface area contributed by atoms with Crippen LogP contribution in [0.4, 0.5) is 0 Å². The van der Waals surface area contributed by atoms with Gasteiger partial charge in [0.1, 0.15) is 5.58 Å². The molecule has 1 aromatic carbocycles. The molecule has 21 heavy (non-hydrogen) atoms. The second kappa shape index (κ2) is 6.28. The number of ether oxygens (including phenoxy) is 1. The Labute approximate surface area is 123 Å². The monoisotopic (exact) mass is 288 g/mol. The van der Waals surface area contributed by atoms with E-state index in [1.54, 1.807) is 0 Å². The SMILES string of the molecule is NNC(=O)c1oc2ccccc2c1COCCC1CCC1. The first-order valence-corrected chi connectivity index (χ1v) is 7.38. The first-order valence-electron chi connectivity index (χ1n) is 7.38. The second-order valence-corrected chi connectivity index (χ2v) is 5.52. The van der Waals surface area contributed by atoms with Gasteiger partial charge in [-0.2, -0.15) is 0 Å². The molecular weight excluding hydrogens is 268 g/mol. The molecule has 1 aliphatic rings. The number of amides is 1. The van der Waals surface area contributed by atoms with Gasteiger partial charge in [0.2, 0.25) is 0 Å². The zero-order valence-corrected chi connectivity index (χ0v) is 11.9. The van der Waals surface area contributed by atoms with Crippen molar-refractivity contribution in [2.45, 2.75) is 32.3 Å². The Morgan fingerprint density at radius 3 is 2.90 bits per heavy atom. The summed E-state index contributed by atoms with van der Waals surface area (Å²) in [6.07, 6.45) is 5.07. The van der Waals surface area contributed by atoms with Crippen molar-refractivity contribution in [3.63, 3.8) is 0 Å². The Bertz CT molecular complexity index is 631. The standard InChI is InChI=1S/C16H20N2O3/c17-18-16(19)15-13(10-20-9-8-11-4-3-5-11)12-6-1-2-7-14(12)21-15/h1-2,6-7,11H,3-5,8-10,17H2,(H,18,19). The molecule has 1 heterocycles. The molecule has 3 N–H and O–H groups in total. The predicted molar refractivity (Wildman–Crippen MR) is 79.5 cm³/mol. The fourth-order valence-corrected chi connectivity index (χ4v) is 2.70. The van der Waals surface area contributed by atoms with Crippen LogP contribution in [0.2, 0.25) is 0 Å². The molecule has 0 spiro atoms. The van der Waals surface area contributed by atoms with Crippen LogP contribution in [0.1, 0.15) is 41.8 Å². The number of hydrogen-bond donors (Lipinski definition) is 2. The molecule has 0 atom stereocenters. The number of para-hydroxylation sites is 1. The zero-order chi connectivity index (χ0) is 14.7. The van der Waals surface area contributed by atoms with Crippen LogP contribution in [0.15, 0.2) is 28.7 Å². The lowest BCUT2D eigenvalue weighted by Crippen LogP contribution is -2.30.